The summed E-state index contributed by atoms with van der Waals surface area (Å²) in [5.74, 6) is 1.35. The zero-order valence-corrected chi connectivity index (χ0v) is 18.5. The molecule has 3 aromatic rings. The Morgan fingerprint density at radius 1 is 1.00 bits per heavy atom. The van der Waals surface area contributed by atoms with E-state index in [-0.39, 0.29) is 30.3 Å². The molecule has 1 aliphatic heterocycles. The van der Waals surface area contributed by atoms with E-state index in [0.29, 0.717) is 37.0 Å². The van der Waals surface area contributed by atoms with Gasteiger partial charge in [-0.3, -0.25) is 4.79 Å². The number of piperazine rings is 1. The maximum absolute atomic E-state index is 12.8. The number of nitrogens with zero attached hydrogens (tertiary/aromatic N) is 4. The molecule has 0 unspecified atom stereocenters. The molecule has 0 aliphatic carbocycles. The Hall–Kier alpha value is -3.24. The Morgan fingerprint density at radius 2 is 1.69 bits per heavy atom. The molecule has 1 fully saturated rings. The van der Waals surface area contributed by atoms with Gasteiger partial charge < -0.3 is 14.1 Å². The molecule has 1 amide bonds. The van der Waals surface area contributed by atoms with Crippen LogP contribution in [-0.4, -0.2) is 67.0 Å². The maximum atomic E-state index is 12.8. The fourth-order valence-corrected chi connectivity index (χ4v) is 4.92. The van der Waals surface area contributed by atoms with Crippen LogP contribution in [0.3, 0.4) is 0 Å². The molecule has 10 heteroatoms. The lowest BCUT2D eigenvalue weighted by Gasteiger charge is -2.34. The minimum Gasteiger partial charge on any atom is -0.497 e. The van der Waals surface area contributed by atoms with Gasteiger partial charge in [0.05, 0.1) is 12.0 Å². The number of methoxy groups -OCH3 is 1. The van der Waals surface area contributed by atoms with Crippen LogP contribution < -0.4 is 4.74 Å². The first-order valence-corrected chi connectivity index (χ1v) is 11.7. The van der Waals surface area contributed by atoms with Crippen molar-refractivity contribution in [1.82, 2.24) is 19.4 Å². The molecule has 2 heterocycles. The fraction of sp³-hybridized carbons (Fsp3) is 0.318. The summed E-state index contributed by atoms with van der Waals surface area (Å²) in [4.78, 5) is 14.5. The molecule has 2 aromatic carbocycles. The molecule has 0 spiro atoms. The van der Waals surface area contributed by atoms with Gasteiger partial charge in [0.1, 0.15) is 5.75 Å². The van der Waals surface area contributed by atoms with Crippen molar-refractivity contribution in [2.75, 3.05) is 33.3 Å². The third-order valence-electron chi connectivity index (χ3n) is 5.33. The van der Waals surface area contributed by atoms with Crippen molar-refractivity contribution in [2.45, 2.75) is 17.7 Å². The van der Waals surface area contributed by atoms with Crippen LogP contribution in [-0.2, 0) is 21.2 Å². The van der Waals surface area contributed by atoms with E-state index in [0.717, 1.165) is 5.56 Å². The van der Waals surface area contributed by atoms with Gasteiger partial charge in [0, 0.05) is 44.6 Å². The van der Waals surface area contributed by atoms with Crippen LogP contribution in [0.5, 0.6) is 5.75 Å². The van der Waals surface area contributed by atoms with Gasteiger partial charge in [-0.1, -0.05) is 18.2 Å². The molecule has 9 nitrogen and oxygen atoms in total. The zero-order chi connectivity index (χ0) is 22.6. The summed E-state index contributed by atoms with van der Waals surface area (Å²) >= 11 is 0. The summed E-state index contributed by atoms with van der Waals surface area (Å²) in [5, 5.41) is 8.05. The molecular weight excluding hydrogens is 432 g/mol. The van der Waals surface area contributed by atoms with Gasteiger partial charge in [0.2, 0.25) is 27.7 Å². The summed E-state index contributed by atoms with van der Waals surface area (Å²) < 4.78 is 37.8. The maximum Gasteiger partial charge on any atom is 0.247 e. The monoisotopic (exact) mass is 456 g/mol. The largest absolute Gasteiger partial charge is 0.497 e. The van der Waals surface area contributed by atoms with E-state index in [1.165, 1.54) is 23.5 Å². The normalized spacial score (nSPS) is 15.0. The van der Waals surface area contributed by atoms with Crippen molar-refractivity contribution in [1.29, 1.82) is 0 Å². The van der Waals surface area contributed by atoms with Gasteiger partial charge in [0.25, 0.3) is 0 Å². The van der Waals surface area contributed by atoms with Gasteiger partial charge in [-0.2, -0.15) is 4.31 Å². The molecule has 0 radical (unpaired) electrons. The van der Waals surface area contributed by atoms with E-state index in [1.54, 1.807) is 17.0 Å². The van der Waals surface area contributed by atoms with E-state index in [4.69, 9.17) is 9.15 Å². The van der Waals surface area contributed by atoms with E-state index in [1.807, 2.05) is 30.3 Å². The number of hydrogen-bond donors (Lipinski definition) is 0. The molecular formula is C22H24N4O5S. The molecule has 0 N–H and O–H groups in total. The van der Waals surface area contributed by atoms with Crippen LogP contribution in [0.25, 0.3) is 11.5 Å². The van der Waals surface area contributed by atoms with Crippen LogP contribution in [0.4, 0.5) is 0 Å². The number of rotatable bonds is 7. The highest BCUT2D eigenvalue weighted by Gasteiger charge is 2.30. The Morgan fingerprint density at radius 3 is 2.34 bits per heavy atom. The smallest absolute Gasteiger partial charge is 0.247 e. The highest BCUT2D eigenvalue weighted by molar-refractivity contribution is 7.89. The number of aromatic nitrogens is 2. The SMILES string of the molecule is COc1ccc(S(=O)(=O)N2CCN(C(=O)CCc3nnc(-c4ccccc4)o3)CC2)cc1. The first-order valence-electron chi connectivity index (χ1n) is 10.3. The van der Waals surface area contributed by atoms with Crippen LogP contribution >= 0.6 is 0 Å². The second-order valence-electron chi connectivity index (χ2n) is 7.33. The molecule has 0 atom stereocenters. The molecule has 1 saturated heterocycles. The predicted molar refractivity (Wildman–Crippen MR) is 116 cm³/mol. The highest BCUT2D eigenvalue weighted by Crippen LogP contribution is 2.21. The lowest BCUT2D eigenvalue weighted by molar-refractivity contribution is -0.132. The molecule has 4 rings (SSSR count). The zero-order valence-electron chi connectivity index (χ0n) is 17.7. The van der Waals surface area contributed by atoms with Gasteiger partial charge in [-0.05, 0) is 36.4 Å². The molecule has 0 bridgehead atoms. The number of carbonyl (C=O) groups is 1. The molecule has 0 saturated carbocycles. The topological polar surface area (TPSA) is 106 Å². The lowest BCUT2D eigenvalue weighted by atomic mass is 10.2. The van der Waals surface area contributed by atoms with Crippen molar-refractivity contribution in [3.05, 3.63) is 60.5 Å². The number of benzene rings is 2. The van der Waals surface area contributed by atoms with Crippen molar-refractivity contribution in [3.8, 4) is 17.2 Å². The first-order chi connectivity index (χ1) is 15.5. The van der Waals surface area contributed by atoms with Gasteiger partial charge in [-0.15, -0.1) is 10.2 Å². The van der Waals surface area contributed by atoms with Crippen molar-refractivity contribution in [2.24, 2.45) is 0 Å². The van der Waals surface area contributed by atoms with Crippen LogP contribution in [0.1, 0.15) is 12.3 Å². The lowest BCUT2D eigenvalue weighted by Crippen LogP contribution is -2.50. The average molecular weight is 457 g/mol. The fourth-order valence-electron chi connectivity index (χ4n) is 3.50. The number of hydrogen-bond acceptors (Lipinski definition) is 7. The van der Waals surface area contributed by atoms with E-state index >= 15 is 0 Å². The van der Waals surface area contributed by atoms with Crippen molar-refractivity contribution >= 4 is 15.9 Å². The van der Waals surface area contributed by atoms with Crippen molar-refractivity contribution < 1.29 is 22.4 Å². The minimum atomic E-state index is -3.61. The summed E-state index contributed by atoms with van der Waals surface area (Å²) in [6.07, 6.45) is 0.560. The minimum absolute atomic E-state index is 0.0639. The quantitative estimate of drug-likeness (QED) is 0.537. The molecule has 168 valence electrons. The number of amides is 1. The second kappa shape index (κ2) is 9.49. The van der Waals surface area contributed by atoms with Gasteiger partial charge in [-0.25, -0.2) is 8.42 Å². The van der Waals surface area contributed by atoms with Crippen molar-refractivity contribution in [3.63, 3.8) is 0 Å². The summed E-state index contributed by atoms with van der Waals surface area (Å²) in [6.45, 7) is 1.18. The molecule has 1 aromatic heterocycles. The van der Waals surface area contributed by atoms with E-state index < -0.39 is 10.0 Å². The van der Waals surface area contributed by atoms with E-state index in [9.17, 15) is 13.2 Å². The highest BCUT2D eigenvalue weighted by atomic mass is 32.2. The summed E-state index contributed by atoms with van der Waals surface area (Å²) in [7, 11) is -2.08. The van der Waals surface area contributed by atoms with Crippen LogP contribution in [0.2, 0.25) is 0 Å². The standard InChI is InChI=1S/C22H24N4O5S/c1-30-18-7-9-19(10-8-18)32(28,29)26-15-13-25(14-16-26)21(27)12-11-20-23-24-22(31-20)17-5-3-2-4-6-17/h2-10H,11-16H2,1H3. The Bertz CT molecular complexity index is 1150. The second-order valence-corrected chi connectivity index (χ2v) is 9.27. The first kappa shape index (κ1) is 22.0. The van der Waals surface area contributed by atoms with E-state index in [2.05, 4.69) is 10.2 Å². The Balaban J connectivity index is 1.29. The third kappa shape index (κ3) is 4.81. The van der Waals surface area contributed by atoms with Gasteiger partial charge >= 0.3 is 0 Å². The number of carbonyl (C=O) groups excluding carboxylic acids is 1. The third-order valence-corrected chi connectivity index (χ3v) is 7.24. The number of aryl methyl sites for hydroxylation is 1. The van der Waals surface area contributed by atoms with Crippen LogP contribution in [0, 0.1) is 0 Å². The Kier molecular flexibility index (Phi) is 6.52. The van der Waals surface area contributed by atoms with Gasteiger partial charge in [0.15, 0.2) is 0 Å². The molecule has 1 aliphatic rings. The number of ether oxygens (including phenoxy) is 1. The Labute approximate surface area is 186 Å². The predicted octanol–water partition coefficient (Wildman–Crippen LogP) is 2.21. The van der Waals surface area contributed by atoms with Crippen LogP contribution in [0.15, 0.2) is 63.9 Å². The average Bonchev–Trinajstić information content (AvgIpc) is 3.32. The summed E-state index contributed by atoms with van der Waals surface area (Å²) in [6, 6.07) is 15.7. The summed E-state index contributed by atoms with van der Waals surface area (Å²) in [5.41, 5.74) is 0.826. The number of sulfonamides is 1. The molecule has 32 heavy (non-hydrogen) atoms.